The molecule has 1 unspecified atom stereocenters. The number of halogens is 1. The number of aliphatic hydroxyl groups excluding tert-OH is 1. The molecule has 1 aromatic carbocycles. The number of carbonyl (C=O) groups is 2. The van der Waals surface area contributed by atoms with E-state index >= 15 is 0 Å². The van der Waals surface area contributed by atoms with E-state index in [4.69, 9.17) is 0 Å². The van der Waals surface area contributed by atoms with Gasteiger partial charge in [0.1, 0.15) is 5.82 Å². The smallest absolute Gasteiger partial charge is 0.313 e. The van der Waals surface area contributed by atoms with Crippen LogP contribution >= 0.6 is 0 Å². The van der Waals surface area contributed by atoms with Crippen LogP contribution in [0.25, 0.3) is 0 Å². The average molecular weight is 296 g/mol. The first-order valence-electron chi connectivity index (χ1n) is 6.64. The van der Waals surface area contributed by atoms with Gasteiger partial charge in [0.25, 0.3) is 0 Å². The summed E-state index contributed by atoms with van der Waals surface area (Å²) in [6, 6.07) is 3.85. The average Bonchev–Trinajstić information content (AvgIpc) is 2.37. The van der Waals surface area contributed by atoms with Crippen molar-refractivity contribution < 1.29 is 19.1 Å². The number of hydrogen-bond donors (Lipinski definition) is 3. The van der Waals surface area contributed by atoms with E-state index in [1.807, 2.05) is 20.8 Å². The molecule has 2 amide bonds. The largest absolute Gasteiger partial charge is 0.391 e. The summed E-state index contributed by atoms with van der Waals surface area (Å²) in [7, 11) is 0. The van der Waals surface area contributed by atoms with Crippen LogP contribution in [0.2, 0.25) is 0 Å². The summed E-state index contributed by atoms with van der Waals surface area (Å²) < 4.78 is 12.9. The molecule has 0 aromatic heterocycles. The van der Waals surface area contributed by atoms with Crippen LogP contribution in [-0.4, -0.2) is 29.6 Å². The van der Waals surface area contributed by atoms with Crippen molar-refractivity contribution in [3.8, 4) is 0 Å². The molecule has 0 saturated heterocycles. The number of amides is 2. The Morgan fingerprint density at radius 1 is 1.29 bits per heavy atom. The van der Waals surface area contributed by atoms with E-state index in [2.05, 4.69) is 10.6 Å². The minimum absolute atomic E-state index is 0.0157. The second kappa shape index (κ2) is 6.67. The summed E-state index contributed by atoms with van der Waals surface area (Å²) >= 11 is 0. The highest BCUT2D eigenvalue weighted by molar-refractivity contribution is 6.39. The molecule has 116 valence electrons. The zero-order valence-electron chi connectivity index (χ0n) is 12.7. The number of carbonyl (C=O) groups excluding carboxylic acids is 2. The number of rotatable bonds is 3. The lowest BCUT2D eigenvalue weighted by molar-refractivity contribution is -0.136. The van der Waals surface area contributed by atoms with Crippen molar-refractivity contribution in [1.82, 2.24) is 5.32 Å². The molecule has 0 aliphatic carbocycles. The Morgan fingerprint density at radius 3 is 2.43 bits per heavy atom. The van der Waals surface area contributed by atoms with Crippen LogP contribution < -0.4 is 10.6 Å². The summed E-state index contributed by atoms with van der Waals surface area (Å²) in [5, 5.41) is 14.6. The van der Waals surface area contributed by atoms with Gasteiger partial charge in [-0.1, -0.05) is 20.8 Å². The van der Waals surface area contributed by atoms with Crippen LogP contribution in [0.1, 0.15) is 26.3 Å². The fourth-order valence-corrected chi connectivity index (χ4v) is 1.52. The normalized spacial score (nSPS) is 12.7. The van der Waals surface area contributed by atoms with E-state index in [1.165, 1.54) is 18.2 Å². The molecule has 0 radical (unpaired) electrons. The molecule has 0 bridgehead atoms. The lowest BCUT2D eigenvalue weighted by atomic mass is 9.89. The van der Waals surface area contributed by atoms with Gasteiger partial charge in [-0.25, -0.2) is 4.39 Å². The molecule has 21 heavy (non-hydrogen) atoms. The first-order chi connectivity index (χ1) is 9.61. The Kier molecular flexibility index (Phi) is 5.43. The van der Waals surface area contributed by atoms with E-state index in [9.17, 15) is 19.1 Å². The third kappa shape index (κ3) is 5.15. The highest BCUT2D eigenvalue weighted by atomic mass is 19.1. The van der Waals surface area contributed by atoms with Crippen molar-refractivity contribution in [2.75, 3.05) is 11.9 Å². The fraction of sp³-hybridized carbons (Fsp3) is 0.467. The highest BCUT2D eigenvalue weighted by Crippen LogP contribution is 2.18. The molecule has 3 N–H and O–H groups in total. The van der Waals surface area contributed by atoms with Crippen LogP contribution in [0.5, 0.6) is 0 Å². The predicted octanol–water partition coefficient (Wildman–Crippen LogP) is 1.60. The SMILES string of the molecule is Cc1cc(F)ccc1NC(=O)C(=O)NCC(O)C(C)(C)C. The van der Waals surface area contributed by atoms with Crippen LogP contribution in [0, 0.1) is 18.2 Å². The quantitative estimate of drug-likeness (QED) is 0.741. The molecule has 0 aliphatic rings. The number of aliphatic hydroxyl groups is 1. The fourth-order valence-electron chi connectivity index (χ4n) is 1.52. The first kappa shape index (κ1) is 17.1. The van der Waals surface area contributed by atoms with E-state index in [0.29, 0.717) is 11.3 Å². The van der Waals surface area contributed by atoms with Gasteiger partial charge in [0.05, 0.1) is 6.10 Å². The van der Waals surface area contributed by atoms with Crippen molar-refractivity contribution in [3.63, 3.8) is 0 Å². The van der Waals surface area contributed by atoms with Crippen molar-refractivity contribution in [2.45, 2.75) is 33.8 Å². The molecular formula is C15H21FN2O3. The number of anilines is 1. The van der Waals surface area contributed by atoms with Crippen molar-refractivity contribution in [3.05, 3.63) is 29.6 Å². The van der Waals surface area contributed by atoms with Gasteiger partial charge >= 0.3 is 11.8 Å². The molecular weight excluding hydrogens is 275 g/mol. The van der Waals surface area contributed by atoms with Crippen molar-refractivity contribution in [2.24, 2.45) is 5.41 Å². The zero-order chi connectivity index (χ0) is 16.2. The van der Waals surface area contributed by atoms with Crippen LogP contribution in [0.3, 0.4) is 0 Å². The van der Waals surface area contributed by atoms with E-state index in [-0.39, 0.29) is 6.54 Å². The monoisotopic (exact) mass is 296 g/mol. The van der Waals surface area contributed by atoms with Gasteiger partial charge in [-0.3, -0.25) is 9.59 Å². The van der Waals surface area contributed by atoms with E-state index < -0.39 is 29.2 Å². The summed E-state index contributed by atoms with van der Waals surface area (Å²) in [5.41, 5.74) is 0.496. The Labute approximate surface area is 123 Å². The summed E-state index contributed by atoms with van der Waals surface area (Å²) in [6.45, 7) is 7.08. The predicted molar refractivity (Wildman–Crippen MR) is 78.2 cm³/mol. The summed E-state index contributed by atoms with van der Waals surface area (Å²) in [6.07, 6.45) is -0.762. The second-order valence-corrected chi connectivity index (χ2v) is 6.01. The first-order valence-corrected chi connectivity index (χ1v) is 6.64. The third-order valence-electron chi connectivity index (χ3n) is 3.10. The van der Waals surface area contributed by atoms with Crippen molar-refractivity contribution >= 4 is 17.5 Å². The van der Waals surface area contributed by atoms with Crippen LogP contribution in [-0.2, 0) is 9.59 Å². The lowest BCUT2D eigenvalue weighted by Gasteiger charge is -2.25. The Hall–Kier alpha value is -1.95. The molecule has 0 aliphatic heterocycles. The topological polar surface area (TPSA) is 78.4 Å². The van der Waals surface area contributed by atoms with Gasteiger partial charge in [-0.2, -0.15) is 0 Å². The molecule has 1 rings (SSSR count). The maximum atomic E-state index is 12.9. The molecule has 0 saturated carbocycles. The van der Waals surface area contributed by atoms with E-state index in [1.54, 1.807) is 6.92 Å². The number of aryl methyl sites for hydroxylation is 1. The molecule has 0 heterocycles. The maximum absolute atomic E-state index is 12.9. The number of hydrogen-bond acceptors (Lipinski definition) is 3. The zero-order valence-corrected chi connectivity index (χ0v) is 12.7. The van der Waals surface area contributed by atoms with E-state index in [0.717, 1.165) is 0 Å². The second-order valence-electron chi connectivity index (χ2n) is 6.01. The minimum Gasteiger partial charge on any atom is -0.391 e. The molecule has 0 fully saturated rings. The lowest BCUT2D eigenvalue weighted by Crippen LogP contribution is -2.43. The van der Waals surface area contributed by atoms with Gasteiger partial charge in [-0.15, -0.1) is 0 Å². The van der Waals surface area contributed by atoms with Crippen LogP contribution in [0.15, 0.2) is 18.2 Å². The van der Waals surface area contributed by atoms with Gasteiger partial charge in [0, 0.05) is 12.2 Å². The third-order valence-corrected chi connectivity index (χ3v) is 3.10. The van der Waals surface area contributed by atoms with Gasteiger partial charge in [0.15, 0.2) is 0 Å². The van der Waals surface area contributed by atoms with Gasteiger partial charge in [0.2, 0.25) is 0 Å². The summed E-state index contributed by atoms with van der Waals surface area (Å²) in [4.78, 5) is 23.4. The van der Waals surface area contributed by atoms with Gasteiger partial charge < -0.3 is 15.7 Å². The molecule has 6 heteroatoms. The van der Waals surface area contributed by atoms with Crippen molar-refractivity contribution in [1.29, 1.82) is 0 Å². The highest BCUT2D eigenvalue weighted by Gasteiger charge is 2.24. The van der Waals surface area contributed by atoms with Crippen LogP contribution in [0.4, 0.5) is 10.1 Å². The standard InChI is InChI=1S/C15H21FN2O3/c1-9-7-10(16)5-6-11(9)18-14(21)13(20)17-8-12(19)15(2,3)4/h5-7,12,19H,8H2,1-4H3,(H,17,20)(H,18,21). The molecule has 1 aromatic rings. The Balaban J connectivity index is 2.57. The molecule has 5 nitrogen and oxygen atoms in total. The number of benzene rings is 1. The molecule has 1 atom stereocenters. The maximum Gasteiger partial charge on any atom is 0.313 e. The number of nitrogens with one attached hydrogen (secondary N) is 2. The summed E-state index contributed by atoms with van der Waals surface area (Å²) in [5.74, 6) is -2.11. The Bertz CT molecular complexity index is 538. The molecule has 0 spiro atoms. The van der Waals surface area contributed by atoms with Gasteiger partial charge in [-0.05, 0) is 36.1 Å². The Morgan fingerprint density at radius 2 is 1.90 bits per heavy atom. The minimum atomic E-state index is -0.856.